The van der Waals surface area contributed by atoms with Crippen LogP contribution in [0.5, 0.6) is 0 Å². The Morgan fingerprint density at radius 2 is 1.94 bits per heavy atom. The molecule has 0 aromatic heterocycles. The molecule has 1 unspecified atom stereocenters. The quantitative estimate of drug-likeness (QED) is 0.754. The number of hydrogen-bond acceptors (Lipinski definition) is 2. The van der Waals surface area contributed by atoms with E-state index in [0.29, 0.717) is 6.04 Å². The highest BCUT2D eigenvalue weighted by atomic mass is 15.0. The topological polar surface area (TPSA) is 24.1 Å². The zero-order valence-corrected chi connectivity index (χ0v) is 11.5. The molecule has 0 saturated carbocycles. The lowest BCUT2D eigenvalue weighted by atomic mass is 10.0. The first-order valence-corrected chi connectivity index (χ1v) is 7.40. The highest BCUT2D eigenvalue weighted by Gasteiger charge is 2.10. The molecule has 0 bridgehead atoms. The lowest BCUT2D eigenvalue weighted by Gasteiger charge is -2.23. The molecule has 1 heterocycles. The largest absolute Gasteiger partial charge is 0.315 e. The number of rotatable bonds is 6. The van der Waals surface area contributed by atoms with E-state index < -0.39 is 0 Å². The molecule has 2 nitrogen and oxygen atoms in total. The van der Waals surface area contributed by atoms with Gasteiger partial charge in [0.15, 0.2) is 0 Å². The van der Waals surface area contributed by atoms with E-state index in [1.54, 1.807) is 0 Å². The molecule has 18 heavy (non-hydrogen) atoms. The van der Waals surface area contributed by atoms with Gasteiger partial charge in [-0.2, -0.15) is 0 Å². The summed E-state index contributed by atoms with van der Waals surface area (Å²) in [5.41, 5.74) is 2.87. The second-order valence-electron chi connectivity index (χ2n) is 5.27. The highest BCUT2D eigenvalue weighted by molar-refractivity contribution is 5.22. The molecule has 1 aromatic carbocycles. The molecular weight excluding hydrogens is 220 g/mol. The van der Waals surface area contributed by atoms with Gasteiger partial charge >= 0.3 is 0 Å². The fraction of sp³-hybridized carbons (Fsp3) is 0.625. The molecule has 2 N–H and O–H groups in total. The Hall–Kier alpha value is -0.860. The summed E-state index contributed by atoms with van der Waals surface area (Å²) >= 11 is 0. The van der Waals surface area contributed by atoms with Crippen LogP contribution in [0.15, 0.2) is 24.3 Å². The van der Waals surface area contributed by atoms with Crippen LogP contribution in [0.25, 0.3) is 0 Å². The maximum Gasteiger partial charge on any atom is 0.0192 e. The third-order valence-corrected chi connectivity index (χ3v) is 3.82. The van der Waals surface area contributed by atoms with Crippen LogP contribution in [0.2, 0.25) is 0 Å². The van der Waals surface area contributed by atoms with Gasteiger partial charge in [-0.15, -0.1) is 0 Å². The minimum absolute atomic E-state index is 0.696. The van der Waals surface area contributed by atoms with Crippen molar-refractivity contribution >= 4 is 0 Å². The predicted molar refractivity (Wildman–Crippen MR) is 78.0 cm³/mol. The number of hydrogen-bond donors (Lipinski definition) is 2. The summed E-state index contributed by atoms with van der Waals surface area (Å²) in [4.78, 5) is 0. The first-order chi connectivity index (χ1) is 8.88. The van der Waals surface area contributed by atoms with Crippen molar-refractivity contribution in [3.05, 3.63) is 35.4 Å². The van der Waals surface area contributed by atoms with Crippen LogP contribution < -0.4 is 10.6 Å². The van der Waals surface area contributed by atoms with Crippen LogP contribution in [0.3, 0.4) is 0 Å². The minimum Gasteiger partial charge on any atom is -0.315 e. The molecule has 100 valence electrons. The Bertz CT molecular complexity index is 325. The molecule has 0 aliphatic carbocycles. The Morgan fingerprint density at radius 1 is 1.17 bits per heavy atom. The third-order valence-electron chi connectivity index (χ3n) is 3.82. The Morgan fingerprint density at radius 3 is 2.61 bits per heavy atom. The number of aryl methyl sites for hydroxylation is 1. The molecule has 1 aliphatic heterocycles. The Labute approximate surface area is 111 Å². The van der Waals surface area contributed by atoms with Crippen LogP contribution >= 0.6 is 0 Å². The van der Waals surface area contributed by atoms with E-state index in [-0.39, 0.29) is 0 Å². The minimum atomic E-state index is 0.696. The summed E-state index contributed by atoms with van der Waals surface area (Å²) in [6.07, 6.45) is 6.33. The molecule has 2 rings (SSSR count). The van der Waals surface area contributed by atoms with Gasteiger partial charge in [0.2, 0.25) is 0 Å². The summed E-state index contributed by atoms with van der Waals surface area (Å²) in [6, 6.07) is 9.72. The van der Waals surface area contributed by atoms with Crippen LogP contribution in [0.1, 0.15) is 37.3 Å². The normalized spacial score (nSPS) is 19.9. The van der Waals surface area contributed by atoms with Gasteiger partial charge in [0.25, 0.3) is 0 Å². The monoisotopic (exact) mass is 246 g/mol. The van der Waals surface area contributed by atoms with Crippen molar-refractivity contribution < 1.29 is 0 Å². The lowest BCUT2D eigenvalue weighted by Crippen LogP contribution is -2.42. The highest BCUT2D eigenvalue weighted by Crippen LogP contribution is 2.07. The van der Waals surface area contributed by atoms with E-state index in [1.807, 2.05) is 0 Å². The fourth-order valence-electron chi connectivity index (χ4n) is 2.55. The van der Waals surface area contributed by atoms with E-state index in [1.165, 1.54) is 36.9 Å². The van der Waals surface area contributed by atoms with Gasteiger partial charge < -0.3 is 10.6 Å². The van der Waals surface area contributed by atoms with Gasteiger partial charge in [-0.05, 0) is 49.9 Å². The smallest absolute Gasteiger partial charge is 0.0192 e. The molecule has 2 heteroatoms. The van der Waals surface area contributed by atoms with Crippen molar-refractivity contribution in [1.29, 1.82) is 0 Å². The molecule has 1 saturated heterocycles. The van der Waals surface area contributed by atoms with Gasteiger partial charge in [-0.1, -0.05) is 37.6 Å². The maximum absolute atomic E-state index is 3.57. The van der Waals surface area contributed by atoms with Crippen molar-refractivity contribution in [1.82, 2.24) is 10.6 Å². The number of benzene rings is 1. The molecule has 1 aliphatic rings. The van der Waals surface area contributed by atoms with Gasteiger partial charge in [0, 0.05) is 12.6 Å². The van der Waals surface area contributed by atoms with Gasteiger partial charge in [-0.25, -0.2) is 0 Å². The molecule has 0 spiro atoms. The molecule has 1 fully saturated rings. The van der Waals surface area contributed by atoms with E-state index in [0.717, 1.165) is 25.9 Å². The number of nitrogens with one attached hydrogen (secondary N) is 2. The Kier molecular flexibility index (Phi) is 5.69. The second-order valence-corrected chi connectivity index (χ2v) is 5.27. The van der Waals surface area contributed by atoms with Gasteiger partial charge in [0.05, 0.1) is 0 Å². The van der Waals surface area contributed by atoms with Crippen molar-refractivity contribution in [2.24, 2.45) is 0 Å². The van der Waals surface area contributed by atoms with Crippen LogP contribution in [0, 0.1) is 0 Å². The predicted octanol–water partition coefficient (Wildman–Crippen LogP) is 2.52. The molecule has 1 atom stereocenters. The average molecular weight is 246 g/mol. The summed E-state index contributed by atoms with van der Waals surface area (Å²) in [7, 11) is 0. The lowest BCUT2D eigenvalue weighted by molar-refractivity contribution is 0.384. The summed E-state index contributed by atoms with van der Waals surface area (Å²) in [5, 5.41) is 7.14. The van der Waals surface area contributed by atoms with Crippen LogP contribution in [-0.4, -0.2) is 25.7 Å². The van der Waals surface area contributed by atoms with Crippen LogP contribution in [0.4, 0.5) is 0 Å². The Balaban J connectivity index is 1.62. The van der Waals surface area contributed by atoms with E-state index in [9.17, 15) is 0 Å². The summed E-state index contributed by atoms with van der Waals surface area (Å²) < 4.78 is 0. The standard InChI is InChI=1S/C16H26N2/c1-2-14-6-8-15(9-7-14)10-12-17-13-16-5-3-4-11-18-16/h6-9,16-18H,2-5,10-13H2,1H3. The van der Waals surface area contributed by atoms with Gasteiger partial charge in [-0.3, -0.25) is 0 Å². The zero-order valence-electron chi connectivity index (χ0n) is 11.5. The second kappa shape index (κ2) is 7.55. The third kappa shape index (κ3) is 4.43. The van der Waals surface area contributed by atoms with E-state index >= 15 is 0 Å². The summed E-state index contributed by atoms with van der Waals surface area (Å²) in [6.45, 7) is 5.61. The first-order valence-electron chi connectivity index (χ1n) is 7.40. The zero-order chi connectivity index (χ0) is 12.6. The maximum atomic E-state index is 3.57. The van der Waals surface area contributed by atoms with Crippen molar-refractivity contribution in [3.8, 4) is 0 Å². The summed E-state index contributed by atoms with van der Waals surface area (Å²) in [5.74, 6) is 0. The van der Waals surface area contributed by atoms with E-state index in [2.05, 4.69) is 41.8 Å². The van der Waals surface area contributed by atoms with Crippen molar-refractivity contribution in [2.45, 2.75) is 45.1 Å². The molecular formula is C16H26N2. The van der Waals surface area contributed by atoms with E-state index in [4.69, 9.17) is 0 Å². The van der Waals surface area contributed by atoms with Crippen molar-refractivity contribution in [3.63, 3.8) is 0 Å². The molecule has 0 radical (unpaired) electrons. The molecule has 1 aromatic rings. The van der Waals surface area contributed by atoms with Crippen LogP contribution in [-0.2, 0) is 12.8 Å². The average Bonchev–Trinajstić information content (AvgIpc) is 2.45. The van der Waals surface area contributed by atoms with Gasteiger partial charge in [0.1, 0.15) is 0 Å². The number of piperidine rings is 1. The first kappa shape index (κ1) is 13.6. The fourth-order valence-corrected chi connectivity index (χ4v) is 2.55. The SMILES string of the molecule is CCc1ccc(CCNCC2CCCCN2)cc1. The van der Waals surface area contributed by atoms with Crippen molar-refractivity contribution in [2.75, 3.05) is 19.6 Å². The molecule has 0 amide bonds.